The van der Waals surface area contributed by atoms with Crippen molar-refractivity contribution in [2.45, 2.75) is 46.3 Å². The zero-order valence-corrected chi connectivity index (χ0v) is 14.3. The number of carbonyl (C=O) groups excluding carboxylic acids is 2. The number of hydrogen-bond donors (Lipinski definition) is 2. The zero-order chi connectivity index (χ0) is 17.4. The van der Waals surface area contributed by atoms with Gasteiger partial charge in [-0.2, -0.15) is 0 Å². The Kier molecular flexibility index (Phi) is 4.66. The van der Waals surface area contributed by atoms with E-state index in [9.17, 15) is 14.7 Å². The highest BCUT2D eigenvalue weighted by molar-refractivity contribution is 6.06. The number of ether oxygens (including phenoxy) is 1. The highest BCUT2D eigenvalue weighted by Crippen LogP contribution is 2.26. The average molecular weight is 320 g/mol. The number of imide groups is 1. The molecular formula is C17H24N2O4. The maximum atomic E-state index is 12.1. The Morgan fingerprint density at radius 3 is 2.39 bits per heavy atom. The van der Waals surface area contributed by atoms with Gasteiger partial charge >= 0.3 is 6.03 Å². The lowest BCUT2D eigenvalue weighted by Gasteiger charge is -2.20. The van der Waals surface area contributed by atoms with Gasteiger partial charge in [0.25, 0.3) is 5.91 Å². The Morgan fingerprint density at radius 1 is 1.22 bits per heavy atom. The van der Waals surface area contributed by atoms with Crippen LogP contribution in [-0.2, 0) is 4.79 Å². The van der Waals surface area contributed by atoms with Crippen LogP contribution < -0.4 is 10.1 Å². The molecule has 1 heterocycles. The standard InChI is InChI=1S/C17H24N2O4/c1-10-6-7-11(2)14(12(10)3)23-9-13(20)8-19-15(21)17(4,5)18-16(19)22/h6-7,13,20H,8-9H2,1-5H3,(H,18,22)/t13-/m1/s1. The van der Waals surface area contributed by atoms with Gasteiger partial charge in [0.15, 0.2) is 0 Å². The number of β-amino-alcohol motifs (C(OH)–C–C–N with tert-alkyl or cyclic N) is 1. The summed E-state index contributed by atoms with van der Waals surface area (Å²) in [6.07, 6.45) is -0.946. The molecule has 1 aromatic rings. The van der Waals surface area contributed by atoms with Crippen molar-refractivity contribution in [2.75, 3.05) is 13.2 Å². The smallest absolute Gasteiger partial charge is 0.325 e. The second kappa shape index (κ2) is 6.20. The summed E-state index contributed by atoms with van der Waals surface area (Å²) in [5, 5.41) is 12.7. The van der Waals surface area contributed by atoms with Crippen LogP contribution in [0.25, 0.3) is 0 Å². The van der Waals surface area contributed by atoms with Crippen LogP contribution >= 0.6 is 0 Å². The Labute approximate surface area is 136 Å². The molecule has 1 aromatic carbocycles. The van der Waals surface area contributed by atoms with E-state index in [0.717, 1.165) is 27.3 Å². The van der Waals surface area contributed by atoms with Crippen molar-refractivity contribution in [3.05, 3.63) is 28.8 Å². The van der Waals surface area contributed by atoms with E-state index in [2.05, 4.69) is 5.32 Å². The molecule has 0 saturated carbocycles. The molecule has 1 saturated heterocycles. The van der Waals surface area contributed by atoms with Crippen molar-refractivity contribution < 1.29 is 19.4 Å². The summed E-state index contributed by atoms with van der Waals surface area (Å²) in [5.41, 5.74) is 2.18. The van der Waals surface area contributed by atoms with Gasteiger partial charge in [-0.3, -0.25) is 9.69 Å². The van der Waals surface area contributed by atoms with E-state index >= 15 is 0 Å². The molecule has 1 fully saturated rings. The highest BCUT2D eigenvalue weighted by Gasteiger charge is 2.44. The van der Waals surface area contributed by atoms with E-state index in [4.69, 9.17) is 4.74 Å². The maximum Gasteiger partial charge on any atom is 0.325 e. The zero-order valence-electron chi connectivity index (χ0n) is 14.3. The van der Waals surface area contributed by atoms with Gasteiger partial charge in [0.1, 0.15) is 24.0 Å². The number of carbonyl (C=O) groups is 2. The summed E-state index contributed by atoms with van der Waals surface area (Å²) in [7, 11) is 0. The minimum atomic E-state index is -0.946. The van der Waals surface area contributed by atoms with E-state index in [1.165, 1.54) is 0 Å². The molecule has 1 atom stereocenters. The summed E-state index contributed by atoms with van der Waals surface area (Å²) in [6.45, 7) is 9.09. The lowest BCUT2D eigenvalue weighted by atomic mass is 10.1. The van der Waals surface area contributed by atoms with Crippen LogP contribution in [0.3, 0.4) is 0 Å². The van der Waals surface area contributed by atoms with Crippen LogP contribution in [0.5, 0.6) is 5.75 Å². The normalized spacial score (nSPS) is 18.1. The van der Waals surface area contributed by atoms with Crippen LogP contribution in [0, 0.1) is 20.8 Å². The number of nitrogens with zero attached hydrogens (tertiary/aromatic N) is 1. The highest BCUT2D eigenvalue weighted by atomic mass is 16.5. The van der Waals surface area contributed by atoms with Crippen molar-refractivity contribution in [3.8, 4) is 5.75 Å². The second-order valence-corrected chi connectivity index (χ2v) is 6.59. The quantitative estimate of drug-likeness (QED) is 0.809. The molecule has 23 heavy (non-hydrogen) atoms. The minimum Gasteiger partial charge on any atom is -0.490 e. The van der Waals surface area contributed by atoms with E-state index in [1.54, 1.807) is 13.8 Å². The Bertz CT molecular complexity index is 640. The molecule has 0 unspecified atom stereocenters. The Morgan fingerprint density at radius 2 is 1.83 bits per heavy atom. The number of aliphatic hydroxyl groups is 1. The van der Waals surface area contributed by atoms with Crippen molar-refractivity contribution in [3.63, 3.8) is 0 Å². The third-order valence-electron chi connectivity index (χ3n) is 4.13. The minimum absolute atomic E-state index is 0.0165. The van der Waals surface area contributed by atoms with Crippen molar-refractivity contribution in [1.29, 1.82) is 0 Å². The van der Waals surface area contributed by atoms with Gasteiger partial charge in [0, 0.05) is 0 Å². The molecule has 3 amide bonds. The molecule has 6 heteroatoms. The van der Waals surface area contributed by atoms with Crippen molar-refractivity contribution in [1.82, 2.24) is 10.2 Å². The Balaban J connectivity index is 1.99. The first kappa shape index (κ1) is 17.3. The third-order valence-corrected chi connectivity index (χ3v) is 4.13. The molecule has 1 aliphatic heterocycles. The summed E-state index contributed by atoms with van der Waals surface area (Å²) >= 11 is 0. The fourth-order valence-electron chi connectivity index (χ4n) is 2.57. The summed E-state index contributed by atoms with van der Waals surface area (Å²) < 4.78 is 5.72. The van der Waals surface area contributed by atoms with Crippen LogP contribution in [0.2, 0.25) is 0 Å². The first-order valence-corrected chi connectivity index (χ1v) is 7.65. The molecule has 1 aliphatic rings. The fourth-order valence-corrected chi connectivity index (χ4v) is 2.57. The van der Waals surface area contributed by atoms with Gasteiger partial charge in [0.2, 0.25) is 0 Å². The summed E-state index contributed by atoms with van der Waals surface area (Å²) in [6, 6.07) is 3.50. The molecule has 0 spiro atoms. The molecule has 2 N–H and O–H groups in total. The van der Waals surface area contributed by atoms with Gasteiger partial charge in [-0.15, -0.1) is 0 Å². The molecule has 126 valence electrons. The molecule has 6 nitrogen and oxygen atoms in total. The predicted molar refractivity (Wildman–Crippen MR) is 86.5 cm³/mol. The molecule has 2 rings (SSSR count). The first-order valence-electron chi connectivity index (χ1n) is 7.65. The number of amides is 3. The summed E-state index contributed by atoms with van der Waals surface area (Å²) in [5.74, 6) is 0.394. The maximum absolute atomic E-state index is 12.1. The van der Waals surface area contributed by atoms with Crippen LogP contribution in [0.1, 0.15) is 30.5 Å². The molecule has 0 aliphatic carbocycles. The number of aliphatic hydroxyl groups excluding tert-OH is 1. The van der Waals surface area contributed by atoms with E-state index < -0.39 is 17.7 Å². The van der Waals surface area contributed by atoms with Crippen LogP contribution in [0.4, 0.5) is 4.79 Å². The topological polar surface area (TPSA) is 78.9 Å². The number of nitrogens with one attached hydrogen (secondary N) is 1. The van der Waals surface area contributed by atoms with Gasteiger partial charge < -0.3 is 15.2 Å². The summed E-state index contributed by atoms with van der Waals surface area (Å²) in [4.78, 5) is 24.9. The number of rotatable bonds is 5. The first-order chi connectivity index (χ1) is 10.6. The number of benzene rings is 1. The van der Waals surface area contributed by atoms with E-state index in [-0.39, 0.29) is 19.1 Å². The lowest BCUT2D eigenvalue weighted by Crippen LogP contribution is -2.42. The van der Waals surface area contributed by atoms with Crippen LogP contribution in [-0.4, -0.2) is 46.7 Å². The Hall–Kier alpha value is -2.08. The van der Waals surface area contributed by atoms with Gasteiger partial charge in [-0.25, -0.2) is 4.79 Å². The second-order valence-electron chi connectivity index (χ2n) is 6.59. The van der Waals surface area contributed by atoms with Gasteiger partial charge in [0.05, 0.1) is 6.54 Å². The average Bonchev–Trinajstić information content (AvgIpc) is 2.65. The third kappa shape index (κ3) is 3.47. The van der Waals surface area contributed by atoms with Gasteiger partial charge in [-0.05, 0) is 51.3 Å². The molecular weight excluding hydrogens is 296 g/mol. The number of urea groups is 1. The van der Waals surface area contributed by atoms with Crippen molar-refractivity contribution in [2.24, 2.45) is 0 Å². The van der Waals surface area contributed by atoms with Gasteiger partial charge in [-0.1, -0.05) is 12.1 Å². The molecule has 0 aromatic heterocycles. The predicted octanol–water partition coefficient (Wildman–Crippen LogP) is 1.68. The van der Waals surface area contributed by atoms with Crippen LogP contribution in [0.15, 0.2) is 12.1 Å². The van der Waals surface area contributed by atoms with E-state index in [0.29, 0.717) is 0 Å². The van der Waals surface area contributed by atoms with Crippen molar-refractivity contribution >= 4 is 11.9 Å². The molecule has 0 radical (unpaired) electrons. The number of hydrogen-bond acceptors (Lipinski definition) is 4. The fraction of sp³-hybridized carbons (Fsp3) is 0.529. The SMILES string of the molecule is Cc1ccc(C)c(OC[C@H](O)CN2C(=O)NC(C)(C)C2=O)c1C. The number of aryl methyl sites for hydroxylation is 2. The molecule has 0 bridgehead atoms. The lowest BCUT2D eigenvalue weighted by molar-refractivity contribution is -0.131. The van der Waals surface area contributed by atoms with E-state index in [1.807, 2.05) is 32.9 Å². The monoisotopic (exact) mass is 320 g/mol. The largest absolute Gasteiger partial charge is 0.490 e.